The molecule has 1 fully saturated rings. The van der Waals surface area contributed by atoms with Gasteiger partial charge >= 0.3 is 5.97 Å². The summed E-state index contributed by atoms with van der Waals surface area (Å²) in [5, 5.41) is 12.4. The summed E-state index contributed by atoms with van der Waals surface area (Å²) in [5.74, 6) is -0.688. The van der Waals surface area contributed by atoms with Crippen molar-refractivity contribution in [3.8, 4) is 0 Å². The third kappa shape index (κ3) is 2.14. The third-order valence-corrected chi connectivity index (χ3v) is 5.03. The summed E-state index contributed by atoms with van der Waals surface area (Å²) >= 11 is 1.50. The lowest BCUT2D eigenvalue weighted by atomic mass is 10.1. The van der Waals surface area contributed by atoms with Crippen LogP contribution in [0.5, 0.6) is 0 Å². The second-order valence-electron chi connectivity index (χ2n) is 5.05. The highest BCUT2D eigenvalue weighted by atomic mass is 32.2. The Kier molecular flexibility index (Phi) is 3.33. The molecule has 2 aliphatic heterocycles. The fraction of sp³-hybridized carbons (Fsp3) is 0.429. The number of anilines is 1. The van der Waals surface area contributed by atoms with Crippen LogP contribution < -0.4 is 5.32 Å². The predicted octanol–water partition coefficient (Wildman–Crippen LogP) is 1.64. The van der Waals surface area contributed by atoms with Gasteiger partial charge in [-0.25, -0.2) is 4.79 Å². The van der Waals surface area contributed by atoms with Crippen molar-refractivity contribution in [3.63, 3.8) is 0 Å². The van der Waals surface area contributed by atoms with Crippen LogP contribution in [-0.4, -0.2) is 45.6 Å². The van der Waals surface area contributed by atoms with E-state index in [1.807, 2.05) is 19.1 Å². The molecule has 1 aromatic rings. The van der Waals surface area contributed by atoms with E-state index in [-0.39, 0.29) is 11.3 Å². The van der Waals surface area contributed by atoms with E-state index >= 15 is 0 Å². The van der Waals surface area contributed by atoms with Gasteiger partial charge in [0, 0.05) is 23.5 Å². The molecule has 20 heavy (non-hydrogen) atoms. The van der Waals surface area contributed by atoms with Gasteiger partial charge in [0.15, 0.2) is 0 Å². The lowest BCUT2D eigenvalue weighted by Gasteiger charge is -2.25. The number of amides is 1. The number of aliphatic carboxylic acids is 1. The number of rotatable bonds is 2. The van der Waals surface area contributed by atoms with Gasteiger partial charge in [0.1, 0.15) is 6.04 Å². The van der Waals surface area contributed by atoms with Gasteiger partial charge in [0.25, 0.3) is 5.91 Å². The van der Waals surface area contributed by atoms with Crippen LogP contribution in [0.4, 0.5) is 5.69 Å². The van der Waals surface area contributed by atoms with Crippen LogP contribution in [0.25, 0.3) is 0 Å². The minimum atomic E-state index is -0.936. The van der Waals surface area contributed by atoms with E-state index in [0.29, 0.717) is 11.3 Å². The number of fused-ring (bicyclic) bond motifs is 1. The van der Waals surface area contributed by atoms with Crippen LogP contribution in [0.15, 0.2) is 18.2 Å². The lowest BCUT2D eigenvalue weighted by Crippen LogP contribution is -2.44. The minimum absolute atomic E-state index is 0.107. The van der Waals surface area contributed by atoms with Crippen molar-refractivity contribution in [1.29, 1.82) is 0 Å². The highest BCUT2D eigenvalue weighted by molar-refractivity contribution is 8.00. The van der Waals surface area contributed by atoms with Crippen LogP contribution in [0.2, 0.25) is 0 Å². The summed E-state index contributed by atoms with van der Waals surface area (Å²) in [6.07, 6.45) is 0.970. The van der Waals surface area contributed by atoms with Gasteiger partial charge in [-0.3, -0.25) is 4.79 Å². The zero-order chi connectivity index (χ0) is 14.3. The van der Waals surface area contributed by atoms with Crippen molar-refractivity contribution in [2.75, 3.05) is 17.6 Å². The summed E-state index contributed by atoms with van der Waals surface area (Å²) in [7, 11) is 0. The van der Waals surface area contributed by atoms with Crippen LogP contribution in [0.1, 0.15) is 22.8 Å². The van der Waals surface area contributed by atoms with Gasteiger partial charge < -0.3 is 15.3 Å². The number of carbonyl (C=O) groups is 2. The van der Waals surface area contributed by atoms with Gasteiger partial charge in [-0.2, -0.15) is 0 Å². The smallest absolute Gasteiger partial charge is 0.327 e. The van der Waals surface area contributed by atoms with Gasteiger partial charge in [0.2, 0.25) is 0 Å². The molecule has 3 rings (SSSR count). The molecule has 5 nitrogen and oxygen atoms in total. The number of benzene rings is 1. The largest absolute Gasteiger partial charge is 0.480 e. The molecule has 0 spiro atoms. The Morgan fingerprint density at radius 3 is 3.00 bits per heavy atom. The maximum atomic E-state index is 12.6. The first-order chi connectivity index (χ1) is 9.58. The molecule has 2 unspecified atom stereocenters. The van der Waals surface area contributed by atoms with E-state index in [0.717, 1.165) is 18.7 Å². The Morgan fingerprint density at radius 2 is 2.25 bits per heavy atom. The first-order valence-corrected chi connectivity index (χ1v) is 7.66. The molecule has 1 saturated heterocycles. The summed E-state index contributed by atoms with van der Waals surface area (Å²) in [4.78, 5) is 25.3. The van der Waals surface area contributed by atoms with Gasteiger partial charge in [-0.1, -0.05) is 6.07 Å². The van der Waals surface area contributed by atoms with Crippen molar-refractivity contribution >= 4 is 29.3 Å². The number of thioether (sulfide) groups is 1. The summed E-state index contributed by atoms with van der Waals surface area (Å²) in [6, 6.07) is 4.84. The van der Waals surface area contributed by atoms with E-state index in [4.69, 9.17) is 0 Å². The predicted molar refractivity (Wildman–Crippen MR) is 78.1 cm³/mol. The molecule has 6 heteroatoms. The van der Waals surface area contributed by atoms with E-state index in [2.05, 4.69) is 5.32 Å². The fourth-order valence-corrected chi connectivity index (χ4v) is 3.88. The zero-order valence-electron chi connectivity index (χ0n) is 11.1. The SMILES string of the molecule is CC1SCC(C(=O)O)N1C(=O)c1ccc2c(c1)NCC2. The molecule has 0 bridgehead atoms. The van der Waals surface area contributed by atoms with Crippen LogP contribution in [0, 0.1) is 0 Å². The average molecular weight is 292 g/mol. The normalized spacial score (nSPS) is 24.4. The van der Waals surface area contributed by atoms with Crippen molar-refractivity contribution < 1.29 is 14.7 Å². The lowest BCUT2D eigenvalue weighted by molar-refractivity contribution is -0.141. The Bertz CT molecular complexity index is 576. The average Bonchev–Trinajstić information content (AvgIpc) is 3.03. The second kappa shape index (κ2) is 5.01. The number of nitrogens with one attached hydrogen (secondary N) is 1. The first kappa shape index (κ1) is 13.3. The molecule has 2 aliphatic rings. The van der Waals surface area contributed by atoms with E-state index in [1.54, 1.807) is 6.07 Å². The Labute approximate surface area is 121 Å². The van der Waals surface area contributed by atoms with Gasteiger partial charge in [-0.05, 0) is 31.0 Å². The quantitative estimate of drug-likeness (QED) is 0.867. The standard InChI is InChI=1S/C14H16N2O3S/c1-8-16(12(7-20-8)14(18)19)13(17)10-3-2-9-4-5-15-11(9)6-10/h2-3,6,8,12,15H,4-5,7H2,1H3,(H,18,19). The second-order valence-corrected chi connectivity index (χ2v) is 6.40. The highest BCUT2D eigenvalue weighted by Gasteiger charge is 2.39. The summed E-state index contributed by atoms with van der Waals surface area (Å²) < 4.78 is 0. The molecule has 0 aromatic heterocycles. The third-order valence-electron chi connectivity index (χ3n) is 3.81. The first-order valence-electron chi connectivity index (χ1n) is 6.62. The maximum Gasteiger partial charge on any atom is 0.327 e. The van der Waals surface area contributed by atoms with E-state index in [9.17, 15) is 14.7 Å². The molecule has 2 atom stereocenters. The number of nitrogens with zero attached hydrogens (tertiary/aromatic N) is 1. The van der Waals surface area contributed by atoms with E-state index < -0.39 is 12.0 Å². The van der Waals surface area contributed by atoms with Gasteiger partial charge in [-0.15, -0.1) is 11.8 Å². The van der Waals surface area contributed by atoms with Crippen LogP contribution in [-0.2, 0) is 11.2 Å². The molecule has 2 heterocycles. The Hall–Kier alpha value is -1.69. The molecule has 1 aromatic carbocycles. The number of hydrogen-bond acceptors (Lipinski definition) is 4. The number of carboxylic acid groups (broad SMARTS) is 1. The number of carboxylic acids is 1. The number of hydrogen-bond donors (Lipinski definition) is 2. The highest BCUT2D eigenvalue weighted by Crippen LogP contribution is 2.31. The Morgan fingerprint density at radius 1 is 1.45 bits per heavy atom. The van der Waals surface area contributed by atoms with Crippen LogP contribution in [0.3, 0.4) is 0 Å². The van der Waals surface area contributed by atoms with Crippen molar-refractivity contribution in [2.24, 2.45) is 0 Å². The maximum absolute atomic E-state index is 12.6. The molecular formula is C14H16N2O3S. The van der Waals surface area contributed by atoms with Crippen molar-refractivity contribution in [1.82, 2.24) is 4.90 Å². The molecular weight excluding hydrogens is 276 g/mol. The fourth-order valence-electron chi connectivity index (χ4n) is 2.71. The summed E-state index contributed by atoms with van der Waals surface area (Å²) in [6.45, 7) is 2.76. The minimum Gasteiger partial charge on any atom is -0.480 e. The Balaban J connectivity index is 1.89. The molecule has 0 aliphatic carbocycles. The van der Waals surface area contributed by atoms with Crippen molar-refractivity contribution in [3.05, 3.63) is 29.3 Å². The monoisotopic (exact) mass is 292 g/mol. The zero-order valence-corrected chi connectivity index (χ0v) is 11.9. The molecule has 1 amide bonds. The van der Waals surface area contributed by atoms with E-state index in [1.165, 1.54) is 22.2 Å². The molecule has 106 valence electrons. The topological polar surface area (TPSA) is 69.6 Å². The molecule has 0 radical (unpaired) electrons. The van der Waals surface area contributed by atoms with Crippen LogP contribution >= 0.6 is 11.8 Å². The summed E-state index contributed by atoms with van der Waals surface area (Å²) in [5.41, 5.74) is 2.75. The van der Waals surface area contributed by atoms with Crippen molar-refractivity contribution in [2.45, 2.75) is 24.8 Å². The molecule has 2 N–H and O–H groups in total. The molecule has 0 saturated carbocycles. The number of carbonyl (C=O) groups excluding carboxylic acids is 1. The van der Waals surface area contributed by atoms with Gasteiger partial charge in [0.05, 0.1) is 5.37 Å².